The smallest absolute Gasteiger partial charge is 0.261 e. The number of nitrogens with one attached hydrogen (secondary N) is 1. The normalized spacial score (nSPS) is 17.3. The van der Waals surface area contributed by atoms with Gasteiger partial charge < -0.3 is 15.4 Å². The van der Waals surface area contributed by atoms with E-state index in [0.717, 1.165) is 17.6 Å². The van der Waals surface area contributed by atoms with Crippen molar-refractivity contribution in [2.75, 3.05) is 24.6 Å². The van der Waals surface area contributed by atoms with Crippen LogP contribution in [0, 0.1) is 6.92 Å². The molecule has 0 aliphatic carbocycles. The van der Waals surface area contributed by atoms with Gasteiger partial charge in [-0.15, -0.1) is 5.10 Å². The summed E-state index contributed by atoms with van der Waals surface area (Å²) in [5.41, 5.74) is 8.38. The first-order valence-corrected chi connectivity index (χ1v) is 8.85. The van der Waals surface area contributed by atoms with E-state index in [1.807, 2.05) is 25.1 Å². The highest BCUT2D eigenvalue weighted by Crippen LogP contribution is 2.28. The summed E-state index contributed by atoms with van der Waals surface area (Å²) in [6.45, 7) is 4.88. The molecule has 1 atom stereocenters. The van der Waals surface area contributed by atoms with Gasteiger partial charge in [-0.3, -0.25) is 19.9 Å². The molecule has 2 aromatic rings. The van der Waals surface area contributed by atoms with Gasteiger partial charge in [-0.1, -0.05) is 6.07 Å². The highest BCUT2D eigenvalue weighted by molar-refractivity contribution is 6.22. The van der Waals surface area contributed by atoms with Gasteiger partial charge in [-0.2, -0.15) is 5.10 Å². The van der Waals surface area contributed by atoms with Gasteiger partial charge in [-0.05, 0) is 25.1 Å². The Kier molecular flexibility index (Phi) is 5.95. The topological polar surface area (TPSA) is 123 Å². The van der Waals surface area contributed by atoms with Crippen LogP contribution in [0.5, 0.6) is 0 Å². The van der Waals surface area contributed by atoms with Crippen molar-refractivity contribution >= 4 is 23.1 Å². The Bertz CT molecular complexity index is 900. The van der Waals surface area contributed by atoms with Crippen LogP contribution in [0.2, 0.25) is 0 Å². The van der Waals surface area contributed by atoms with E-state index in [0.29, 0.717) is 31.1 Å². The van der Waals surface area contributed by atoms with E-state index in [4.69, 9.17) is 10.5 Å². The van der Waals surface area contributed by atoms with Crippen LogP contribution in [0.25, 0.3) is 5.57 Å². The minimum Gasteiger partial charge on any atom is -0.404 e. The Morgan fingerprint density at radius 1 is 1.36 bits per heavy atom. The largest absolute Gasteiger partial charge is 0.404 e. The minimum atomic E-state index is -0.618. The van der Waals surface area contributed by atoms with Crippen LogP contribution in [-0.4, -0.2) is 46.7 Å². The standard InChI is InChI=1S/C19H22N6O3/c1-12-17(9-16(24-23-12)14(10-20)19(27)22-13(2)26)25-7-8-28-18(11-25)15-5-3-4-6-21-15/h3-6,9-10,18H,7-8,11,20H2,1-2H3,(H,22,26,27)/b14-10-. The van der Waals surface area contributed by atoms with Crippen LogP contribution in [0.1, 0.15) is 30.1 Å². The zero-order chi connectivity index (χ0) is 20.1. The Morgan fingerprint density at radius 3 is 2.86 bits per heavy atom. The number of pyridine rings is 1. The number of hydrogen-bond acceptors (Lipinski definition) is 8. The van der Waals surface area contributed by atoms with Crippen molar-refractivity contribution in [3.63, 3.8) is 0 Å². The van der Waals surface area contributed by atoms with E-state index in [1.165, 1.54) is 6.92 Å². The molecule has 28 heavy (non-hydrogen) atoms. The lowest BCUT2D eigenvalue weighted by molar-refractivity contribution is -0.126. The number of aryl methyl sites for hydroxylation is 1. The first kappa shape index (κ1) is 19.4. The van der Waals surface area contributed by atoms with Gasteiger partial charge in [0, 0.05) is 25.9 Å². The third-order valence-corrected chi connectivity index (χ3v) is 4.35. The lowest BCUT2D eigenvalue weighted by atomic mass is 10.1. The number of ether oxygens (including phenoxy) is 1. The summed E-state index contributed by atoms with van der Waals surface area (Å²) in [7, 11) is 0. The predicted octanol–water partition coefficient (Wildman–Crippen LogP) is 0.720. The molecule has 2 aromatic heterocycles. The fourth-order valence-electron chi connectivity index (χ4n) is 3.01. The number of amides is 2. The number of imide groups is 1. The highest BCUT2D eigenvalue weighted by atomic mass is 16.5. The van der Waals surface area contributed by atoms with Crippen LogP contribution in [0.15, 0.2) is 36.7 Å². The Hall–Kier alpha value is -3.33. The number of anilines is 1. The fourth-order valence-corrected chi connectivity index (χ4v) is 3.01. The van der Waals surface area contributed by atoms with E-state index >= 15 is 0 Å². The van der Waals surface area contributed by atoms with Crippen LogP contribution < -0.4 is 16.0 Å². The molecule has 3 rings (SSSR count). The highest BCUT2D eigenvalue weighted by Gasteiger charge is 2.25. The van der Waals surface area contributed by atoms with Crippen LogP contribution in [-0.2, 0) is 14.3 Å². The van der Waals surface area contributed by atoms with E-state index in [2.05, 4.69) is 25.4 Å². The molecule has 2 amide bonds. The first-order chi connectivity index (χ1) is 13.5. The number of carbonyl (C=O) groups excluding carboxylic acids is 2. The van der Waals surface area contributed by atoms with Gasteiger partial charge in [0.2, 0.25) is 5.91 Å². The molecule has 3 N–H and O–H groups in total. The third-order valence-electron chi connectivity index (χ3n) is 4.35. The third kappa shape index (κ3) is 4.32. The summed E-state index contributed by atoms with van der Waals surface area (Å²) in [5, 5.41) is 10.4. The quantitative estimate of drug-likeness (QED) is 0.742. The summed E-state index contributed by atoms with van der Waals surface area (Å²) >= 11 is 0. The first-order valence-electron chi connectivity index (χ1n) is 8.85. The zero-order valence-corrected chi connectivity index (χ0v) is 15.8. The molecule has 0 radical (unpaired) electrons. The molecule has 1 unspecified atom stereocenters. The monoisotopic (exact) mass is 382 g/mol. The van der Waals surface area contributed by atoms with Crippen LogP contribution >= 0.6 is 0 Å². The van der Waals surface area contributed by atoms with Gasteiger partial charge in [-0.25, -0.2) is 0 Å². The molecule has 9 nitrogen and oxygen atoms in total. The SMILES string of the molecule is CC(=O)NC(=O)/C(=C\N)c1cc(N2CCOC(c3ccccn3)C2)c(C)nn1. The predicted molar refractivity (Wildman–Crippen MR) is 103 cm³/mol. The van der Waals surface area contributed by atoms with Crippen molar-refractivity contribution in [1.29, 1.82) is 0 Å². The lowest BCUT2D eigenvalue weighted by Gasteiger charge is -2.34. The maximum atomic E-state index is 12.2. The van der Waals surface area contributed by atoms with Crippen molar-refractivity contribution in [2.45, 2.75) is 20.0 Å². The Balaban J connectivity index is 1.87. The second kappa shape index (κ2) is 8.57. The van der Waals surface area contributed by atoms with E-state index < -0.39 is 11.8 Å². The zero-order valence-electron chi connectivity index (χ0n) is 15.8. The number of carbonyl (C=O) groups is 2. The maximum Gasteiger partial charge on any atom is 0.261 e. The van der Waals surface area contributed by atoms with Crippen LogP contribution in [0.3, 0.4) is 0 Å². The molecular formula is C19H22N6O3. The molecular weight excluding hydrogens is 360 g/mol. The minimum absolute atomic E-state index is 0.0819. The molecule has 3 heterocycles. The molecule has 146 valence electrons. The van der Waals surface area contributed by atoms with E-state index in [-0.39, 0.29) is 11.7 Å². The summed E-state index contributed by atoms with van der Waals surface area (Å²) in [5.74, 6) is -1.09. The molecule has 1 aliphatic rings. The Morgan fingerprint density at radius 2 is 2.18 bits per heavy atom. The fraction of sp³-hybridized carbons (Fsp3) is 0.316. The van der Waals surface area contributed by atoms with Crippen molar-refractivity contribution in [2.24, 2.45) is 5.73 Å². The molecule has 0 saturated carbocycles. The summed E-state index contributed by atoms with van der Waals surface area (Å²) in [4.78, 5) is 29.9. The number of morpholine rings is 1. The number of aromatic nitrogens is 3. The van der Waals surface area contributed by atoms with Gasteiger partial charge in [0.05, 0.1) is 35.8 Å². The molecule has 1 saturated heterocycles. The van der Waals surface area contributed by atoms with Gasteiger partial charge >= 0.3 is 0 Å². The van der Waals surface area contributed by atoms with Crippen LogP contribution in [0.4, 0.5) is 5.69 Å². The van der Waals surface area contributed by atoms with Crippen molar-refractivity contribution in [1.82, 2.24) is 20.5 Å². The number of rotatable bonds is 4. The number of nitrogens with two attached hydrogens (primary N) is 1. The molecule has 1 aliphatic heterocycles. The van der Waals surface area contributed by atoms with Crippen molar-refractivity contribution in [3.05, 3.63) is 53.7 Å². The number of nitrogens with zero attached hydrogens (tertiary/aromatic N) is 4. The summed E-state index contributed by atoms with van der Waals surface area (Å²) in [6.07, 6.45) is 2.69. The molecule has 0 spiro atoms. The van der Waals surface area contributed by atoms with E-state index in [1.54, 1.807) is 12.3 Å². The number of hydrogen-bond donors (Lipinski definition) is 2. The average Bonchev–Trinajstić information content (AvgIpc) is 2.70. The van der Waals surface area contributed by atoms with Gasteiger partial charge in [0.1, 0.15) is 11.8 Å². The second-order valence-corrected chi connectivity index (χ2v) is 6.35. The van der Waals surface area contributed by atoms with Gasteiger partial charge in [0.25, 0.3) is 5.91 Å². The maximum absolute atomic E-state index is 12.2. The molecule has 0 aromatic carbocycles. The molecule has 0 bridgehead atoms. The Labute approximate surface area is 162 Å². The van der Waals surface area contributed by atoms with Gasteiger partial charge in [0.15, 0.2) is 0 Å². The van der Waals surface area contributed by atoms with Crippen molar-refractivity contribution < 1.29 is 14.3 Å². The molecule has 1 fully saturated rings. The van der Waals surface area contributed by atoms with Crippen molar-refractivity contribution in [3.8, 4) is 0 Å². The average molecular weight is 382 g/mol. The summed E-state index contributed by atoms with van der Waals surface area (Å²) in [6, 6.07) is 7.47. The van der Waals surface area contributed by atoms with E-state index in [9.17, 15) is 9.59 Å². The lowest BCUT2D eigenvalue weighted by Crippen LogP contribution is -2.39. The summed E-state index contributed by atoms with van der Waals surface area (Å²) < 4.78 is 5.86. The second-order valence-electron chi connectivity index (χ2n) is 6.35. The molecule has 9 heteroatoms.